The fraction of sp³-hybridized carbons (Fsp3) is 0.708. The van der Waals surface area contributed by atoms with Gasteiger partial charge in [-0.1, -0.05) is 19.9 Å². The van der Waals surface area contributed by atoms with E-state index < -0.39 is 18.2 Å². The molecule has 32 heavy (non-hydrogen) atoms. The summed E-state index contributed by atoms with van der Waals surface area (Å²) >= 11 is 0. The van der Waals surface area contributed by atoms with Crippen molar-refractivity contribution in [1.29, 1.82) is 0 Å². The number of benzene rings is 1. The number of carbonyl (C=O) groups excluding carboxylic acids is 1. The summed E-state index contributed by atoms with van der Waals surface area (Å²) in [5.41, 5.74) is 7.41. The smallest absolute Gasteiger partial charge is 0.248 e. The minimum absolute atomic E-state index is 0.0977. The van der Waals surface area contributed by atoms with E-state index in [1.165, 1.54) is 7.11 Å². The summed E-state index contributed by atoms with van der Waals surface area (Å²) < 4.78 is 21.4. The molecular formula is C24H42N2O6. The van der Waals surface area contributed by atoms with E-state index in [4.69, 9.17) is 24.7 Å². The van der Waals surface area contributed by atoms with Gasteiger partial charge in [0.05, 0.1) is 19.8 Å². The van der Waals surface area contributed by atoms with Crippen LogP contribution in [0, 0.1) is 11.8 Å². The lowest BCUT2D eigenvalue weighted by Crippen LogP contribution is -2.46. The molecule has 0 aliphatic rings. The Labute approximate surface area is 192 Å². The highest BCUT2D eigenvalue weighted by Gasteiger charge is 2.24. The van der Waals surface area contributed by atoms with Gasteiger partial charge in [-0.05, 0) is 49.3 Å². The largest absolute Gasteiger partial charge is 0.493 e. The van der Waals surface area contributed by atoms with Crippen LogP contribution in [0.1, 0.15) is 39.2 Å². The Hall–Kier alpha value is -1.87. The molecule has 8 nitrogen and oxygen atoms in total. The summed E-state index contributed by atoms with van der Waals surface area (Å²) in [4.78, 5) is 11.9. The maximum absolute atomic E-state index is 11.9. The standard InChI is InChI=1S/C24H42N2O6/c1-16(2)19(14-20(25)21(27)15-26-24(28)17(3)30-5)12-18-8-9-22(31-6)23(13-18)32-11-7-10-29-4/h8-9,13,16-17,19-21,27H,7,10-12,14-15,25H2,1-6H3,(H,26,28)/t17-,19+,20+,21+/m1/s1. The van der Waals surface area contributed by atoms with E-state index in [0.29, 0.717) is 37.1 Å². The number of hydrogen-bond acceptors (Lipinski definition) is 7. The monoisotopic (exact) mass is 454 g/mol. The number of amides is 1. The first-order valence-electron chi connectivity index (χ1n) is 11.3. The Kier molecular flexibility index (Phi) is 13.2. The second-order valence-corrected chi connectivity index (χ2v) is 8.48. The second kappa shape index (κ2) is 15.1. The minimum atomic E-state index is -0.834. The third-order valence-electron chi connectivity index (χ3n) is 5.70. The van der Waals surface area contributed by atoms with Crippen LogP contribution in [0.3, 0.4) is 0 Å². The van der Waals surface area contributed by atoms with Crippen LogP contribution in [0.15, 0.2) is 18.2 Å². The number of aliphatic hydroxyl groups is 1. The van der Waals surface area contributed by atoms with Gasteiger partial charge in [-0.15, -0.1) is 0 Å². The van der Waals surface area contributed by atoms with Crippen molar-refractivity contribution in [2.24, 2.45) is 17.6 Å². The van der Waals surface area contributed by atoms with Crippen LogP contribution in [0.25, 0.3) is 0 Å². The summed E-state index contributed by atoms with van der Waals surface area (Å²) in [5.74, 6) is 1.76. The first-order valence-corrected chi connectivity index (χ1v) is 11.3. The highest BCUT2D eigenvalue weighted by molar-refractivity contribution is 5.80. The zero-order valence-electron chi connectivity index (χ0n) is 20.4. The lowest BCUT2D eigenvalue weighted by molar-refractivity contribution is -0.130. The van der Waals surface area contributed by atoms with Crippen LogP contribution in [-0.4, -0.2) is 70.4 Å². The fourth-order valence-electron chi connectivity index (χ4n) is 3.35. The van der Waals surface area contributed by atoms with Crippen LogP contribution in [0.2, 0.25) is 0 Å². The molecule has 0 radical (unpaired) electrons. The lowest BCUT2D eigenvalue weighted by Gasteiger charge is -2.27. The molecule has 4 N–H and O–H groups in total. The Morgan fingerprint density at radius 2 is 1.84 bits per heavy atom. The average molecular weight is 455 g/mol. The molecule has 1 aromatic rings. The lowest BCUT2D eigenvalue weighted by atomic mass is 9.83. The third kappa shape index (κ3) is 9.73. The number of hydrogen-bond donors (Lipinski definition) is 3. The van der Waals surface area contributed by atoms with Crippen molar-refractivity contribution in [3.8, 4) is 11.5 Å². The molecule has 0 spiro atoms. The van der Waals surface area contributed by atoms with Gasteiger partial charge in [0.2, 0.25) is 5.91 Å². The third-order valence-corrected chi connectivity index (χ3v) is 5.70. The van der Waals surface area contributed by atoms with Crippen LogP contribution in [0.5, 0.6) is 11.5 Å². The van der Waals surface area contributed by atoms with Gasteiger partial charge >= 0.3 is 0 Å². The molecule has 0 bridgehead atoms. The average Bonchev–Trinajstić information content (AvgIpc) is 2.78. The van der Waals surface area contributed by atoms with Gasteiger partial charge in [-0.2, -0.15) is 0 Å². The van der Waals surface area contributed by atoms with Crippen molar-refractivity contribution in [3.05, 3.63) is 23.8 Å². The molecule has 1 amide bonds. The van der Waals surface area contributed by atoms with Crippen molar-refractivity contribution in [2.45, 2.75) is 58.3 Å². The summed E-state index contributed by atoms with van der Waals surface area (Å²) in [6.07, 6.45) is 0.821. The van der Waals surface area contributed by atoms with E-state index in [2.05, 4.69) is 19.2 Å². The van der Waals surface area contributed by atoms with Gasteiger partial charge < -0.3 is 35.1 Å². The first-order chi connectivity index (χ1) is 15.2. The molecule has 1 rings (SSSR count). The van der Waals surface area contributed by atoms with Gasteiger partial charge in [0, 0.05) is 39.8 Å². The number of nitrogens with one attached hydrogen (secondary N) is 1. The topological polar surface area (TPSA) is 112 Å². The quantitative estimate of drug-likeness (QED) is 0.328. The highest BCUT2D eigenvalue weighted by atomic mass is 16.5. The van der Waals surface area contributed by atoms with Gasteiger partial charge in [-0.25, -0.2) is 0 Å². The Balaban J connectivity index is 2.74. The number of aliphatic hydroxyl groups excluding tert-OH is 1. The Morgan fingerprint density at radius 1 is 1.12 bits per heavy atom. The number of methoxy groups -OCH3 is 3. The van der Waals surface area contributed by atoms with E-state index in [1.807, 2.05) is 18.2 Å². The summed E-state index contributed by atoms with van der Waals surface area (Å²) in [7, 11) is 4.76. The van der Waals surface area contributed by atoms with E-state index >= 15 is 0 Å². The SMILES string of the molecule is COCCCOc1cc(C[C@@H](C[C@H](N)[C@@H](O)CNC(=O)[C@@H](C)OC)C(C)C)ccc1OC. The molecule has 0 saturated heterocycles. The predicted octanol–water partition coefficient (Wildman–Crippen LogP) is 2.15. The van der Waals surface area contributed by atoms with Crippen LogP contribution >= 0.6 is 0 Å². The van der Waals surface area contributed by atoms with Crippen LogP contribution in [0.4, 0.5) is 0 Å². The van der Waals surface area contributed by atoms with Crippen molar-refractivity contribution in [2.75, 3.05) is 41.1 Å². The highest BCUT2D eigenvalue weighted by Crippen LogP contribution is 2.31. The molecule has 184 valence electrons. The summed E-state index contributed by atoms with van der Waals surface area (Å²) in [6, 6.07) is 5.50. The molecule has 1 aromatic carbocycles. The number of rotatable bonds is 16. The molecule has 0 aromatic heterocycles. The number of nitrogens with two attached hydrogens (primary N) is 1. The van der Waals surface area contributed by atoms with E-state index in [1.54, 1.807) is 21.1 Å². The van der Waals surface area contributed by atoms with Crippen molar-refractivity contribution < 1.29 is 28.8 Å². The molecule has 0 saturated carbocycles. The molecule has 0 aliphatic carbocycles. The molecule has 4 atom stereocenters. The van der Waals surface area contributed by atoms with Crippen molar-refractivity contribution in [1.82, 2.24) is 5.32 Å². The first kappa shape index (κ1) is 28.2. The van der Waals surface area contributed by atoms with E-state index in [0.717, 1.165) is 18.4 Å². The van der Waals surface area contributed by atoms with Gasteiger partial charge in [0.1, 0.15) is 6.10 Å². The van der Waals surface area contributed by atoms with Crippen molar-refractivity contribution in [3.63, 3.8) is 0 Å². The summed E-state index contributed by atoms with van der Waals surface area (Å²) in [6.45, 7) is 7.24. The van der Waals surface area contributed by atoms with Crippen LogP contribution < -0.4 is 20.5 Å². The molecular weight excluding hydrogens is 412 g/mol. The second-order valence-electron chi connectivity index (χ2n) is 8.48. The molecule has 8 heteroatoms. The zero-order valence-corrected chi connectivity index (χ0v) is 20.4. The normalized spacial score (nSPS) is 15.2. The fourth-order valence-corrected chi connectivity index (χ4v) is 3.35. The van der Waals surface area contributed by atoms with E-state index in [-0.39, 0.29) is 18.4 Å². The van der Waals surface area contributed by atoms with Gasteiger partial charge in [0.25, 0.3) is 0 Å². The Bertz CT molecular complexity index is 670. The maximum Gasteiger partial charge on any atom is 0.248 e. The summed E-state index contributed by atoms with van der Waals surface area (Å²) in [5, 5.41) is 13.1. The maximum atomic E-state index is 11.9. The van der Waals surface area contributed by atoms with Crippen molar-refractivity contribution >= 4 is 5.91 Å². The molecule has 0 aliphatic heterocycles. The number of carbonyl (C=O) groups is 1. The van der Waals surface area contributed by atoms with Gasteiger partial charge in [-0.3, -0.25) is 4.79 Å². The van der Waals surface area contributed by atoms with E-state index in [9.17, 15) is 9.90 Å². The zero-order chi connectivity index (χ0) is 24.1. The number of ether oxygens (including phenoxy) is 4. The molecule has 0 heterocycles. The molecule has 0 unspecified atom stereocenters. The Morgan fingerprint density at radius 3 is 2.44 bits per heavy atom. The predicted molar refractivity (Wildman–Crippen MR) is 125 cm³/mol. The molecule has 0 fully saturated rings. The van der Waals surface area contributed by atoms with Crippen LogP contribution in [-0.2, 0) is 20.7 Å². The van der Waals surface area contributed by atoms with Gasteiger partial charge in [0.15, 0.2) is 11.5 Å². The minimum Gasteiger partial charge on any atom is -0.493 e.